The fourth-order valence-electron chi connectivity index (χ4n) is 3.32. The summed E-state index contributed by atoms with van der Waals surface area (Å²) in [6.07, 6.45) is 4.73. The fraction of sp³-hybridized carbons (Fsp3) is 0.316. The number of anilines is 1. The van der Waals surface area contributed by atoms with Gasteiger partial charge in [-0.15, -0.1) is 0 Å². The topological polar surface area (TPSA) is 29.1 Å². The SMILES string of the molecule is O=C(c1ccc(C2CCC2)cc1)C1Cc2ccccc2N1. The molecule has 0 aromatic heterocycles. The Bertz CT molecular complexity index is 645. The van der Waals surface area contributed by atoms with Gasteiger partial charge in [0.15, 0.2) is 5.78 Å². The highest BCUT2D eigenvalue weighted by atomic mass is 16.1. The van der Waals surface area contributed by atoms with Gasteiger partial charge in [0.1, 0.15) is 0 Å². The predicted octanol–water partition coefficient (Wildman–Crippen LogP) is 4.17. The van der Waals surface area contributed by atoms with Gasteiger partial charge in [-0.3, -0.25) is 4.79 Å². The van der Waals surface area contributed by atoms with Crippen molar-refractivity contribution in [3.63, 3.8) is 0 Å². The van der Waals surface area contributed by atoms with Gasteiger partial charge in [0.25, 0.3) is 0 Å². The molecule has 2 heteroatoms. The van der Waals surface area contributed by atoms with E-state index >= 15 is 0 Å². The average Bonchev–Trinajstić information content (AvgIpc) is 2.89. The minimum absolute atomic E-state index is 0.114. The van der Waals surface area contributed by atoms with Crippen LogP contribution in [0.25, 0.3) is 0 Å². The lowest BCUT2D eigenvalue weighted by molar-refractivity contribution is 0.0971. The zero-order valence-electron chi connectivity index (χ0n) is 12.0. The van der Waals surface area contributed by atoms with Gasteiger partial charge in [-0.05, 0) is 36.0 Å². The first-order valence-corrected chi connectivity index (χ1v) is 7.80. The monoisotopic (exact) mass is 277 g/mol. The van der Waals surface area contributed by atoms with Gasteiger partial charge < -0.3 is 5.32 Å². The first kappa shape index (κ1) is 12.6. The summed E-state index contributed by atoms with van der Waals surface area (Å²) in [5.74, 6) is 0.925. The predicted molar refractivity (Wildman–Crippen MR) is 84.9 cm³/mol. The molecule has 1 aliphatic heterocycles. The second kappa shape index (κ2) is 5.03. The minimum atomic E-state index is -0.114. The van der Waals surface area contributed by atoms with Crippen LogP contribution in [0.1, 0.15) is 46.7 Å². The molecule has 0 spiro atoms. The number of Topliss-reactive ketones (excluding diaryl/α,β-unsaturated/α-hetero) is 1. The fourth-order valence-corrected chi connectivity index (χ4v) is 3.32. The molecule has 0 radical (unpaired) electrons. The molecule has 4 rings (SSSR count). The Labute approximate surface area is 125 Å². The molecule has 2 aromatic rings. The van der Waals surface area contributed by atoms with Gasteiger partial charge in [0, 0.05) is 17.7 Å². The lowest BCUT2D eigenvalue weighted by Crippen LogP contribution is -2.27. The number of rotatable bonds is 3. The van der Waals surface area contributed by atoms with Crippen molar-refractivity contribution in [1.82, 2.24) is 0 Å². The van der Waals surface area contributed by atoms with Gasteiger partial charge >= 0.3 is 0 Å². The largest absolute Gasteiger partial charge is 0.374 e. The van der Waals surface area contributed by atoms with Gasteiger partial charge in [0.05, 0.1) is 6.04 Å². The van der Waals surface area contributed by atoms with Crippen molar-refractivity contribution in [3.05, 3.63) is 65.2 Å². The van der Waals surface area contributed by atoms with Crippen molar-refractivity contribution >= 4 is 11.5 Å². The van der Waals surface area contributed by atoms with Crippen molar-refractivity contribution in [2.45, 2.75) is 37.6 Å². The molecule has 2 aliphatic rings. The van der Waals surface area contributed by atoms with Crippen LogP contribution in [0.4, 0.5) is 5.69 Å². The van der Waals surface area contributed by atoms with Crippen LogP contribution in [0.15, 0.2) is 48.5 Å². The van der Waals surface area contributed by atoms with Crippen LogP contribution in [0, 0.1) is 0 Å². The van der Waals surface area contributed by atoms with Gasteiger partial charge in [-0.25, -0.2) is 0 Å². The molecule has 1 saturated carbocycles. The van der Waals surface area contributed by atoms with Crippen LogP contribution < -0.4 is 5.32 Å². The second-order valence-electron chi connectivity index (χ2n) is 6.17. The first-order valence-electron chi connectivity index (χ1n) is 7.80. The third kappa shape index (κ3) is 2.25. The molecule has 1 heterocycles. The van der Waals surface area contributed by atoms with Crippen LogP contribution in [-0.2, 0) is 6.42 Å². The zero-order valence-corrected chi connectivity index (χ0v) is 12.0. The number of hydrogen-bond acceptors (Lipinski definition) is 2. The quantitative estimate of drug-likeness (QED) is 0.853. The number of carbonyl (C=O) groups excluding carboxylic acids is 1. The van der Waals surface area contributed by atoms with E-state index in [0.717, 1.165) is 23.6 Å². The number of fused-ring (bicyclic) bond motifs is 1. The van der Waals surface area contributed by atoms with Crippen LogP contribution in [0.2, 0.25) is 0 Å². The summed E-state index contributed by atoms with van der Waals surface area (Å²) in [6.45, 7) is 0. The maximum Gasteiger partial charge on any atom is 0.185 e. The number of ketones is 1. The third-order valence-corrected chi connectivity index (χ3v) is 4.86. The highest BCUT2D eigenvalue weighted by Gasteiger charge is 2.27. The molecule has 2 aromatic carbocycles. The highest BCUT2D eigenvalue weighted by molar-refractivity contribution is 6.02. The van der Waals surface area contributed by atoms with E-state index in [1.54, 1.807) is 0 Å². The van der Waals surface area contributed by atoms with E-state index < -0.39 is 0 Å². The molecule has 0 amide bonds. The Morgan fingerprint density at radius 1 is 1.00 bits per heavy atom. The number of benzene rings is 2. The van der Waals surface area contributed by atoms with Crippen molar-refractivity contribution in [2.24, 2.45) is 0 Å². The van der Waals surface area contributed by atoms with Crippen LogP contribution in [0.3, 0.4) is 0 Å². The first-order chi connectivity index (χ1) is 10.3. The molecule has 106 valence electrons. The summed E-state index contributed by atoms with van der Waals surface area (Å²) in [5.41, 5.74) is 4.55. The molecular weight excluding hydrogens is 258 g/mol. The lowest BCUT2D eigenvalue weighted by atomic mass is 9.80. The van der Waals surface area contributed by atoms with Crippen LogP contribution >= 0.6 is 0 Å². The molecule has 1 unspecified atom stereocenters. The van der Waals surface area contributed by atoms with Crippen LogP contribution in [-0.4, -0.2) is 11.8 Å². The molecule has 1 fully saturated rings. The zero-order chi connectivity index (χ0) is 14.2. The molecule has 0 bridgehead atoms. The van der Waals surface area contributed by atoms with E-state index in [2.05, 4.69) is 23.5 Å². The summed E-state index contributed by atoms with van der Waals surface area (Å²) in [7, 11) is 0. The van der Waals surface area contributed by atoms with E-state index in [1.807, 2.05) is 30.3 Å². The standard InChI is InChI=1S/C19H19NO/c21-19(18-12-16-4-1-2-7-17(16)20-18)15-10-8-14(9-11-15)13-5-3-6-13/h1-2,4,7-11,13,18,20H,3,5-6,12H2. The van der Waals surface area contributed by atoms with E-state index in [4.69, 9.17) is 0 Å². The number of hydrogen-bond donors (Lipinski definition) is 1. The highest BCUT2D eigenvalue weighted by Crippen LogP contribution is 2.36. The molecule has 0 saturated heterocycles. The maximum atomic E-state index is 12.6. The molecule has 1 atom stereocenters. The third-order valence-electron chi connectivity index (χ3n) is 4.86. The summed E-state index contributed by atoms with van der Waals surface area (Å²) >= 11 is 0. The van der Waals surface area contributed by atoms with E-state index in [-0.39, 0.29) is 11.8 Å². The van der Waals surface area contributed by atoms with E-state index in [1.165, 1.54) is 30.4 Å². The van der Waals surface area contributed by atoms with Gasteiger partial charge in [-0.2, -0.15) is 0 Å². The normalized spacial score (nSPS) is 20.5. The number of para-hydroxylation sites is 1. The van der Waals surface area contributed by atoms with Crippen molar-refractivity contribution in [2.75, 3.05) is 5.32 Å². The molecular formula is C19H19NO. The summed E-state index contributed by atoms with van der Waals surface area (Å²) in [5, 5.41) is 3.34. The molecule has 1 aliphatic carbocycles. The summed E-state index contributed by atoms with van der Waals surface area (Å²) in [6, 6.07) is 16.3. The number of carbonyl (C=O) groups is 1. The smallest absolute Gasteiger partial charge is 0.185 e. The van der Waals surface area contributed by atoms with Gasteiger partial charge in [0.2, 0.25) is 0 Å². The lowest BCUT2D eigenvalue weighted by Gasteiger charge is -2.25. The Balaban J connectivity index is 1.50. The van der Waals surface area contributed by atoms with E-state index in [0.29, 0.717) is 0 Å². The van der Waals surface area contributed by atoms with Crippen molar-refractivity contribution in [3.8, 4) is 0 Å². The van der Waals surface area contributed by atoms with Crippen LogP contribution in [0.5, 0.6) is 0 Å². The van der Waals surface area contributed by atoms with E-state index in [9.17, 15) is 4.79 Å². The molecule has 21 heavy (non-hydrogen) atoms. The average molecular weight is 277 g/mol. The summed E-state index contributed by atoms with van der Waals surface area (Å²) < 4.78 is 0. The Kier molecular flexibility index (Phi) is 3.03. The minimum Gasteiger partial charge on any atom is -0.374 e. The summed E-state index contributed by atoms with van der Waals surface area (Å²) in [4.78, 5) is 12.6. The molecule has 1 N–H and O–H groups in total. The van der Waals surface area contributed by atoms with Crippen molar-refractivity contribution < 1.29 is 4.79 Å². The Hall–Kier alpha value is -2.09. The second-order valence-corrected chi connectivity index (χ2v) is 6.17. The Morgan fingerprint density at radius 3 is 2.43 bits per heavy atom. The van der Waals surface area contributed by atoms with Crippen molar-refractivity contribution in [1.29, 1.82) is 0 Å². The maximum absolute atomic E-state index is 12.6. The number of nitrogens with one attached hydrogen (secondary N) is 1. The van der Waals surface area contributed by atoms with Gasteiger partial charge in [-0.1, -0.05) is 48.9 Å². The Morgan fingerprint density at radius 2 is 1.76 bits per heavy atom. The molecule has 2 nitrogen and oxygen atoms in total.